The second-order valence-electron chi connectivity index (χ2n) is 2.14. The molecule has 0 radical (unpaired) electrons. The molecule has 1 N–H and O–H groups in total. The van der Waals surface area contributed by atoms with Gasteiger partial charge in [-0.2, -0.15) is 0 Å². The Labute approximate surface area is 70.0 Å². The summed E-state index contributed by atoms with van der Waals surface area (Å²) in [5, 5.41) is 0. The van der Waals surface area contributed by atoms with E-state index in [9.17, 15) is 4.80 Å². The molecule has 0 aliphatic carbocycles. The van der Waals surface area contributed by atoms with Gasteiger partial charge in [-0.3, -0.25) is 0 Å². The van der Waals surface area contributed by atoms with Gasteiger partial charge in [0.15, 0.2) is 0 Å². The lowest BCUT2D eigenvalue weighted by molar-refractivity contribution is 0.141. The van der Waals surface area contributed by atoms with E-state index >= 15 is 0 Å². The summed E-state index contributed by atoms with van der Waals surface area (Å²) in [6.07, 6.45) is 0. The fourth-order valence-corrected chi connectivity index (χ4v) is 6.67. The standard InChI is InChI=1S/C5H16O4Si2/c1-5-10(6)11(7-2,8-3)9-4/h6,10H,5H2,1-4H3. The Morgan fingerprint density at radius 1 is 1.18 bits per heavy atom. The normalized spacial score (nSPS) is 15.0. The van der Waals surface area contributed by atoms with Crippen molar-refractivity contribution in [1.82, 2.24) is 0 Å². The van der Waals surface area contributed by atoms with Crippen LogP contribution in [0.5, 0.6) is 0 Å². The third kappa shape index (κ3) is 2.36. The topological polar surface area (TPSA) is 47.9 Å². The Kier molecular flexibility index (Phi) is 5.14. The van der Waals surface area contributed by atoms with Crippen molar-refractivity contribution in [3.63, 3.8) is 0 Å². The fourth-order valence-electron chi connectivity index (χ4n) is 0.908. The highest BCUT2D eigenvalue weighted by atomic mass is 29.3. The van der Waals surface area contributed by atoms with Gasteiger partial charge < -0.3 is 18.1 Å². The molecular weight excluding hydrogens is 180 g/mol. The Morgan fingerprint density at radius 2 is 1.55 bits per heavy atom. The second kappa shape index (κ2) is 5.01. The van der Waals surface area contributed by atoms with E-state index < -0.39 is 16.9 Å². The maximum atomic E-state index is 9.59. The first-order valence-corrected chi connectivity index (χ1v) is 8.37. The zero-order valence-corrected chi connectivity index (χ0v) is 9.61. The second-order valence-corrected chi connectivity index (χ2v) is 10.5. The molecule has 11 heavy (non-hydrogen) atoms. The molecule has 0 aromatic heterocycles. The highest BCUT2D eigenvalue weighted by Gasteiger charge is 2.46. The third-order valence-corrected chi connectivity index (χ3v) is 10.7. The Hall–Kier alpha value is 0.274. The predicted molar refractivity (Wildman–Crippen MR) is 46.6 cm³/mol. The minimum atomic E-state index is -2.63. The third-order valence-electron chi connectivity index (χ3n) is 1.65. The first kappa shape index (κ1) is 11.3. The maximum Gasteiger partial charge on any atom is 0.498 e. The first-order valence-electron chi connectivity index (χ1n) is 3.50. The molecule has 6 heteroatoms. The van der Waals surface area contributed by atoms with Crippen molar-refractivity contribution in [2.45, 2.75) is 13.0 Å². The van der Waals surface area contributed by atoms with Crippen LogP contribution in [0.15, 0.2) is 0 Å². The van der Waals surface area contributed by atoms with Crippen molar-refractivity contribution in [3.05, 3.63) is 0 Å². The largest absolute Gasteiger partial charge is 0.498 e. The van der Waals surface area contributed by atoms with Gasteiger partial charge in [0.05, 0.1) is 0 Å². The fraction of sp³-hybridized carbons (Fsp3) is 1.00. The monoisotopic (exact) mass is 196 g/mol. The molecule has 68 valence electrons. The van der Waals surface area contributed by atoms with Crippen LogP contribution >= 0.6 is 0 Å². The lowest BCUT2D eigenvalue weighted by atomic mass is 11.0. The van der Waals surface area contributed by atoms with E-state index in [1.54, 1.807) is 0 Å². The van der Waals surface area contributed by atoms with Crippen LogP contribution < -0.4 is 0 Å². The van der Waals surface area contributed by atoms with E-state index in [1.807, 2.05) is 6.92 Å². The lowest BCUT2D eigenvalue weighted by Crippen LogP contribution is -2.57. The summed E-state index contributed by atoms with van der Waals surface area (Å²) in [5.74, 6) is 0. The molecule has 0 spiro atoms. The highest BCUT2D eigenvalue weighted by Crippen LogP contribution is 2.11. The summed E-state index contributed by atoms with van der Waals surface area (Å²) in [4.78, 5) is 9.59. The van der Waals surface area contributed by atoms with E-state index in [0.717, 1.165) is 0 Å². The van der Waals surface area contributed by atoms with Gasteiger partial charge in [-0.1, -0.05) is 6.92 Å². The van der Waals surface area contributed by atoms with Gasteiger partial charge >= 0.3 is 8.32 Å². The molecule has 0 fully saturated rings. The minimum Gasteiger partial charge on any atom is -0.430 e. The van der Waals surface area contributed by atoms with Crippen LogP contribution in [0.2, 0.25) is 6.04 Å². The van der Waals surface area contributed by atoms with Gasteiger partial charge in [0.1, 0.15) is 0 Å². The minimum absolute atomic E-state index is 0.710. The molecule has 4 nitrogen and oxygen atoms in total. The van der Waals surface area contributed by atoms with Crippen molar-refractivity contribution in [1.29, 1.82) is 0 Å². The average molecular weight is 196 g/mol. The van der Waals surface area contributed by atoms with Crippen LogP contribution in [-0.4, -0.2) is 43.0 Å². The quantitative estimate of drug-likeness (QED) is 0.612. The van der Waals surface area contributed by atoms with E-state index in [1.165, 1.54) is 21.3 Å². The zero-order chi connectivity index (χ0) is 8.91. The van der Waals surface area contributed by atoms with Crippen LogP contribution in [-0.2, 0) is 13.3 Å². The molecule has 0 rings (SSSR count). The van der Waals surface area contributed by atoms with E-state index in [4.69, 9.17) is 13.3 Å². The van der Waals surface area contributed by atoms with Crippen molar-refractivity contribution in [2.75, 3.05) is 21.3 Å². The van der Waals surface area contributed by atoms with Crippen molar-refractivity contribution >= 4 is 16.9 Å². The molecule has 0 heterocycles. The van der Waals surface area contributed by atoms with Crippen LogP contribution in [0.4, 0.5) is 0 Å². The van der Waals surface area contributed by atoms with Crippen LogP contribution in [0.25, 0.3) is 0 Å². The van der Waals surface area contributed by atoms with Gasteiger partial charge in [0.2, 0.25) is 0 Å². The van der Waals surface area contributed by atoms with Gasteiger partial charge in [-0.15, -0.1) is 0 Å². The average Bonchev–Trinajstić information content (AvgIpc) is 2.08. The molecule has 0 aromatic rings. The smallest absolute Gasteiger partial charge is 0.430 e. The van der Waals surface area contributed by atoms with Gasteiger partial charge in [0, 0.05) is 21.3 Å². The summed E-state index contributed by atoms with van der Waals surface area (Å²) >= 11 is 0. The molecule has 0 saturated heterocycles. The molecule has 0 bridgehead atoms. The molecule has 0 saturated carbocycles. The van der Waals surface area contributed by atoms with Crippen molar-refractivity contribution in [3.8, 4) is 0 Å². The molecule has 0 aromatic carbocycles. The summed E-state index contributed by atoms with van der Waals surface area (Å²) in [6, 6.07) is 0.710. The lowest BCUT2D eigenvalue weighted by Gasteiger charge is -2.27. The molecule has 1 unspecified atom stereocenters. The molecule has 0 aliphatic rings. The van der Waals surface area contributed by atoms with Crippen molar-refractivity contribution < 1.29 is 18.1 Å². The highest BCUT2D eigenvalue weighted by molar-refractivity contribution is 7.21. The Morgan fingerprint density at radius 3 is 1.64 bits per heavy atom. The number of hydrogen-bond acceptors (Lipinski definition) is 4. The van der Waals surface area contributed by atoms with Crippen LogP contribution in [0, 0.1) is 0 Å². The maximum absolute atomic E-state index is 9.59. The number of hydrogen-bond donors (Lipinski definition) is 1. The van der Waals surface area contributed by atoms with Gasteiger partial charge in [0.25, 0.3) is 8.56 Å². The Balaban J connectivity index is 4.26. The first-order chi connectivity index (χ1) is 5.16. The summed E-state index contributed by atoms with van der Waals surface area (Å²) in [6.45, 7) is 1.91. The van der Waals surface area contributed by atoms with E-state index in [0.29, 0.717) is 6.04 Å². The van der Waals surface area contributed by atoms with Crippen molar-refractivity contribution in [2.24, 2.45) is 0 Å². The predicted octanol–water partition coefficient (Wildman–Crippen LogP) is -0.321. The van der Waals surface area contributed by atoms with E-state index in [-0.39, 0.29) is 0 Å². The SMILES string of the molecule is CC[SiH](O)[Si](OC)(OC)OC. The Bertz CT molecular complexity index is 98.4. The molecule has 0 amide bonds. The van der Waals surface area contributed by atoms with Crippen LogP contribution in [0.1, 0.15) is 6.92 Å². The summed E-state index contributed by atoms with van der Waals surface area (Å²) < 4.78 is 15.3. The van der Waals surface area contributed by atoms with Gasteiger partial charge in [-0.25, -0.2) is 0 Å². The molecular formula is C5H16O4Si2. The zero-order valence-electron chi connectivity index (χ0n) is 7.46. The summed E-state index contributed by atoms with van der Waals surface area (Å²) in [5.41, 5.74) is 0. The van der Waals surface area contributed by atoms with Crippen LogP contribution in [0.3, 0.4) is 0 Å². The number of rotatable bonds is 5. The summed E-state index contributed by atoms with van der Waals surface area (Å²) in [7, 11) is -0.0294. The van der Waals surface area contributed by atoms with E-state index in [2.05, 4.69) is 0 Å². The van der Waals surface area contributed by atoms with Gasteiger partial charge in [-0.05, 0) is 6.04 Å². The molecule has 0 aliphatic heterocycles. The molecule has 1 atom stereocenters.